The number of unbranched alkanes of at least 4 members (excludes halogenated alkanes) is 2. The van der Waals surface area contributed by atoms with Crippen LogP contribution < -0.4 is 11.3 Å². The molecule has 0 aliphatic rings. The molecule has 4 nitrogen and oxygen atoms in total. The smallest absolute Gasteiger partial charge is 0.421 e. The number of carbonyl (C=O) groups is 1. The molecule has 14 heavy (non-hydrogen) atoms. The number of ether oxygens (including phenoxy) is 1. The van der Waals surface area contributed by atoms with Crippen molar-refractivity contribution in [3.8, 4) is 0 Å². The Morgan fingerprint density at radius 2 is 1.79 bits per heavy atom. The van der Waals surface area contributed by atoms with E-state index in [-0.39, 0.29) is 6.10 Å². The molecule has 4 heteroatoms. The fourth-order valence-corrected chi connectivity index (χ4v) is 1.31. The molecule has 0 radical (unpaired) electrons. The average Bonchev–Trinajstić information content (AvgIpc) is 2.21. The minimum Gasteiger partial charge on any atom is -0.445 e. The van der Waals surface area contributed by atoms with Crippen molar-refractivity contribution in [1.82, 2.24) is 5.43 Å². The van der Waals surface area contributed by atoms with Gasteiger partial charge in [-0.05, 0) is 12.8 Å². The van der Waals surface area contributed by atoms with Gasteiger partial charge in [0.1, 0.15) is 6.10 Å². The van der Waals surface area contributed by atoms with Crippen LogP contribution in [-0.4, -0.2) is 12.2 Å². The number of carbonyl (C=O) groups excluding carboxylic acids is 1. The van der Waals surface area contributed by atoms with Crippen LogP contribution in [0.4, 0.5) is 4.79 Å². The highest BCUT2D eigenvalue weighted by molar-refractivity contribution is 5.66. The first-order chi connectivity index (χ1) is 6.74. The predicted octanol–water partition coefficient (Wildman–Crippen LogP) is 2.34. The highest BCUT2D eigenvalue weighted by Crippen LogP contribution is 2.12. The number of amides is 1. The fourth-order valence-electron chi connectivity index (χ4n) is 1.31. The summed E-state index contributed by atoms with van der Waals surface area (Å²) < 4.78 is 5.13. The van der Waals surface area contributed by atoms with Crippen molar-refractivity contribution >= 4 is 6.09 Å². The van der Waals surface area contributed by atoms with Crippen LogP contribution in [0, 0.1) is 0 Å². The zero-order chi connectivity index (χ0) is 10.8. The van der Waals surface area contributed by atoms with Crippen molar-refractivity contribution < 1.29 is 9.53 Å². The largest absolute Gasteiger partial charge is 0.445 e. The standard InChI is InChI=1S/C10H22N2O2/c1-3-5-7-9(8-6-4-2)14-10(13)12-11/h9H,3-8,11H2,1-2H3,(H,12,13). The molecule has 0 heterocycles. The lowest BCUT2D eigenvalue weighted by Crippen LogP contribution is -2.34. The van der Waals surface area contributed by atoms with Crippen LogP contribution in [0.5, 0.6) is 0 Å². The first-order valence-electron chi connectivity index (χ1n) is 5.41. The second kappa shape index (κ2) is 8.81. The summed E-state index contributed by atoms with van der Waals surface area (Å²) in [7, 11) is 0. The van der Waals surface area contributed by atoms with E-state index >= 15 is 0 Å². The third kappa shape index (κ3) is 6.71. The van der Waals surface area contributed by atoms with Crippen LogP contribution in [0.25, 0.3) is 0 Å². The molecule has 0 unspecified atom stereocenters. The van der Waals surface area contributed by atoms with Crippen molar-refractivity contribution in [3.63, 3.8) is 0 Å². The normalized spacial score (nSPS) is 10.3. The SMILES string of the molecule is CCCCC(CCCC)OC(=O)NN. The molecule has 0 aliphatic carbocycles. The van der Waals surface area contributed by atoms with Gasteiger partial charge in [0.15, 0.2) is 0 Å². The zero-order valence-corrected chi connectivity index (χ0v) is 9.21. The summed E-state index contributed by atoms with van der Waals surface area (Å²) >= 11 is 0. The summed E-state index contributed by atoms with van der Waals surface area (Å²) in [6.45, 7) is 4.25. The molecule has 0 aliphatic heterocycles. The van der Waals surface area contributed by atoms with Crippen LogP contribution in [0.2, 0.25) is 0 Å². The van der Waals surface area contributed by atoms with Gasteiger partial charge in [0, 0.05) is 0 Å². The van der Waals surface area contributed by atoms with E-state index in [9.17, 15) is 4.79 Å². The van der Waals surface area contributed by atoms with E-state index in [1.54, 1.807) is 0 Å². The molecule has 0 atom stereocenters. The molecule has 0 saturated heterocycles. The van der Waals surface area contributed by atoms with Crippen LogP contribution in [0.15, 0.2) is 0 Å². The highest BCUT2D eigenvalue weighted by atomic mass is 16.6. The molecule has 84 valence electrons. The molecule has 1 amide bonds. The van der Waals surface area contributed by atoms with Crippen molar-refractivity contribution in [1.29, 1.82) is 0 Å². The quantitative estimate of drug-likeness (QED) is 0.378. The average molecular weight is 202 g/mol. The van der Waals surface area contributed by atoms with E-state index in [0.29, 0.717) is 0 Å². The number of hydrazine groups is 1. The van der Waals surface area contributed by atoms with Gasteiger partial charge in [0.05, 0.1) is 0 Å². The van der Waals surface area contributed by atoms with Crippen molar-refractivity contribution in [2.24, 2.45) is 5.84 Å². The third-order valence-electron chi connectivity index (χ3n) is 2.15. The predicted molar refractivity (Wildman–Crippen MR) is 56.6 cm³/mol. The van der Waals surface area contributed by atoms with Crippen LogP contribution in [0.1, 0.15) is 52.4 Å². The number of hydrogen-bond donors (Lipinski definition) is 2. The minimum atomic E-state index is -0.526. The van der Waals surface area contributed by atoms with Gasteiger partial charge in [-0.15, -0.1) is 0 Å². The minimum absolute atomic E-state index is 0.0263. The Balaban J connectivity index is 3.77. The number of rotatable bonds is 7. The van der Waals surface area contributed by atoms with Gasteiger partial charge in [-0.3, -0.25) is 5.43 Å². The molecule has 3 N–H and O–H groups in total. The maximum absolute atomic E-state index is 10.9. The number of nitrogens with two attached hydrogens (primary N) is 1. The lowest BCUT2D eigenvalue weighted by atomic mass is 10.1. The third-order valence-corrected chi connectivity index (χ3v) is 2.15. The molecular weight excluding hydrogens is 180 g/mol. The van der Waals surface area contributed by atoms with Crippen LogP contribution in [-0.2, 0) is 4.74 Å². The second-order valence-electron chi connectivity index (χ2n) is 3.46. The van der Waals surface area contributed by atoms with Crippen molar-refractivity contribution in [2.45, 2.75) is 58.5 Å². The summed E-state index contributed by atoms with van der Waals surface area (Å²) in [6.07, 6.45) is 5.79. The van der Waals surface area contributed by atoms with Gasteiger partial charge < -0.3 is 4.74 Å². The van der Waals surface area contributed by atoms with E-state index in [1.165, 1.54) is 0 Å². The second-order valence-corrected chi connectivity index (χ2v) is 3.46. The van der Waals surface area contributed by atoms with E-state index < -0.39 is 6.09 Å². The highest BCUT2D eigenvalue weighted by Gasteiger charge is 2.12. The molecule has 0 bridgehead atoms. The van der Waals surface area contributed by atoms with Gasteiger partial charge in [-0.1, -0.05) is 39.5 Å². The van der Waals surface area contributed by atoms with Crippen molar-refractivity contribution in [2.75, 3.05) is 0 Å². The molecule has 0 aromatic carbocycles. The van der Waals surface area contributed by atoms with E-state index in [0.717, 1.165) is 38.5 Å². The lowest BCUT2D eigenvalue weighted by molar-refractivity contribution is 0.0848. The molecule has 0 aromatic rings. The van der Waals surface area contributed by atoms with Gasteiger partial charge in [0.2, 0.25) is 0 Å². The summed E-state index contributed by atoms with van der Waals surface area (Å²) in [6, 6.07) is 0. The maximum Gasteiger partial charge on any atom is 0.421 e. The monoisotopic (exact) mass is 202 g/mol. The van der Waals surface area contributed by atoms with Gasteiger partial charge >= 0.3 is 6.09 Å². The Kier molecular flexibility index (Phi) is 8.33. The first-order valence-corrected chi connectivity index (χ1v) is 5.41. The Labute approximate surface area is 86.2 Å². The number of hydrogen-bond acceptors (Lipinski definition) is 3. The van der Waals surface area contributed by atoms with Gasteiger partial charge in [-0.25, -0.2) is 10.6 Å². The molecule has 0 saturated carbocycles. The summed E-state index contributed by atoms with van der Waals surface area (Å²) in [5.74, 6) is 4.95. The summed E-state index contributed by atoms with van der Waals surface area (Å²) in [4.78, 5) is 10.9. The van der Waals surface area contributed by atoms with E-state index in [1.807, 2.05) is 5.43 Å². The van der Waals surface area contributed by atoms with Crippen LogP contribution in [0.3, 0.4) is 0 Å². The Bertz CT molecular complexity index is 143. The Hall–Kier alpha value is -0.770. The molecule has 0 spiro atoms. The molecule has 0 fully saturated rings. The van der Waals surface area contributed by atoms with Crippen molar-refractivity contribution in [3.05, 3.63) is 0 Å². The first kappa shape index (κ1) is 13.2. The lowest BCUT2D eigenvalue weighted by Gasteiger charge is -2.16. The molecule has 0 rings (SSSR count). The molecule has 0 aromatic heterocycles. The topological polar surface area (TPSA) is 64.3 Å². The summed E-state index contributed by atoms with van der Waals surface area (Å²) in [5, 5.41) is 0. The van der Waals surface area contributed by atoms with E-state index in [4.69, 9.17) is 10.6 Å². The zero-order valence-electron chi connectivity index (χ0n) is 9.21. The number of nitrogens with one attached hydrogen (secondary N) is 1. The van der Waals surface area contributed by atoms with Gasteiger partial charge in [0.25, 0.3) is 0 Å². The van der Waals surface area contributed by atoms with E-state index in [2.05, 4.69) is 13.8 Å². The van der Waals surface area contributed by atoms with Gasteiger partial charge in [-0.2, -0.15) is 0 Å². The fraction of sp³-hybridized carbons (Fsp3) is 0.900. The maximum atomic E-state index is 10.9. The summed E-state index contributed by atoms with van der Waals surface area (Å²) in [5.41, 5.74) is 1.99. The molecular formula is C10H22N2O2. The van der Waals surface area contributed by atoms with Crippen LogP contribution >= 0.6 is 0 Å². The Morgan fingerprint density at radius 3 is 2.14 bits per heavy atom. The Morgan fingerprint density at radius 1 is 1.29 bits per heavy atom.